The first-order chi connectivity index (χ1) is 11.4. The van der Waals surface area contributed by atoms with Gasteiger partial charge in [0.1, 0.15) is 12.2 Å². The number of rotatable bonds is 10. The van der Waals surface area contributed by atoms with Gasteiger partial charge < -0.3 is 32.3 Å². The molecule has 0 rings (SSSR count). The molecule has 0 aromatic heterocycles. The van der Waals surface area contributed by atoms with Gasteiger partial charge >= 0.3 is 5.97 Å². The number of aliphatic hydroxyl groups is 1. The van der Waals surface area contributed by atoms with Gasteiger partial charge in [-0.2, -0.15) is 0 Å². The van der Waals surface area contributed by atoms with E-state index in [1.54, 1.807) is 0 Å². The summed E-state index contributed by atoms with van der Waals surface area (Å²) >= 11 is 0. The molecule has 10 nitrogen and oxygen atoms in total. The lowest BCUT2D eigenvalue weighted by molar-refractivity contribution is -0.165. The average molecular weight is 359 g/mol. The van der Waals surface area contributed by atoms with Crippen LogP contribution in [0.4, 0.5) is 0 Å². The number of aliphatic carboxylic acids is 1. The van der Waals surface area contributed by atoms with E-state index in [0.29, 0.717) is 12.8 Å². The average Bonchev–Trinajstić information content (AvgIpc) is 2.45. The maximum Gasteiger partial charge on any atom is 0.345 e. The summed E-state index contributed by atoms with van der Waals surface area (Å²) in [6, 6.07) is -1.04. The highest BCUT2D eigenvalue weighted by Crippen LogP contribution is 2.10. The van der Waals surface area contributed by atoms with Crippen molar-refractivity contribution in [3.63, 3.8) is 0 Å². The van der Waals surface area contributed by atoms with Crippen molar-refractivity contribution in [3.05, 3.63) is 0 Å². The van der Waals surface area contributed by atoms with Crippen molar-refractivity contribution in [1.29, 1.82) is 0 Å². The van der Waals surface area contributed by atoms with Gasteiger partial charge in [0.15, 0.2) is 5.96 Å². The van der Waals surface area contributed by atoms with Gasteiger partial charge in [-0.05, 0) is 25.7 Å². The van der Waals surface area contributed by atoms with Crippen LogP contribution in [-0.4, -0.2) is 51.8 Å². The number of nitrogens with zero attached hydrogens (tertiary/aromatic N) is 1. The maximum atomic E-state index is 12.5. The Morgan fingerprint density at radius 1 is 1.20 bits per heavy atom. The molecule has 0 fully saturated rings. The van der Waals surface area contributed by atoms with Gasteiger partial charge in [0, 0.05) is 0 Å². The van der Waals surface area contributed by atoms with Gasteiger partial charge in [-0.1, -0.05) is 27.2 Å². The predicted molar refractivity (Wildman–Crippen MR) is 92.3 cm³/mol. The van der Waals surface area contributed by atoms with Gasteiger partial charge in [0.2, 0.25) is 11.5 Å². The molecule has 0 saturated heterocycles. The van der Waals surface area contributed by atoms with Crippen LogP contribution in [0.2, 0.25) is 0 Å². The summed E-state index contributed by atoms with van der Waals surface area (Å²) in [4.78, 5) is 39.3. The van der Waals surface area contributed by atoms with Crippen LogP contribution in [0.25, 0.3) is 0 Å². The fourth-order valence-electron chi connectivity index (χ4n) is 1.99. The number of aliphatic imine (C=N–C) groups is 1. The van der Waals surface area contributed by atoms with E-state index in [9.17, 15) is 19.5 Å². The largest absolute Gasteiger partial charge is 0.479 e. The van der Waals surface area contributed by atoms with Crippen molar-refractivity contribution >= 4 is 23.7 Å². The zero-order valence-corrected chi connectivity index (χ0v) is 15.1. The number of nitrogens with one attached hydrogen (secondary N) is 2. The molecule has 2 amide bonds. The third-order valence-electron chi connectivity index (χ3n) is 3.36. The summed E-state index contributed by atoms with van der Waals surface area (Å²) in [7, 11) is 0. The van der Waals surface area contributed by atoms with Crippen LogP contribution < -0.4 is 22.1 Å². The van der Waals surface area contributed by atoms with E-state index in [1.807, 2.05) is 20.8 Å². The van der Waals surface area contributed by atoms with Crippen molar-refractivity contribution < 1.29 is 24.6 Å². The summed E-state index contributed by atoms with van der Waals surface area (Å²) in [6.45, 7) is 6.40. The fourth-order valence-corrected chi connectivity index (χ4v) is 1.99. The number of hydrogen-bond donors (Lipinski definition) is 6. The Hall–Kier alpha value is -2.36. The number of carboxylic acids is 1. The van der Waals surface area contributed by atoms with Gasteiger partial charge in [-0.3, -0.25) is 9.59 Å². The second-order valence-corrected chi connectivity index (χ2v) is 6.40. The number of hydrogen-bond acceptors (Lipinski definition) is 5. The summed E-state index contributed by atoms with van der Waals surface area (Å²) in [5.41, 5.74) is 8.03. The van der Waals surface area contributed by atoms with Crippen LogP contribution in [-0.2, 0) is 14.4 Å². The van der Waals surface area contributed by atoms with E-state index < -0.39 is 35.6 Å². The lowest BCUT2D eigenvalue weighted by Crippen LogP contribution is -2.57. The van der Waals surface area contributed by atoms with Crippen molar-refractivity contribution in [2.24, 2.45) is 22.4 Å². The molecule has 10 heteroatoms. The topological polar surface area (TPSA) is 180 Å². The number of amides is 2. The van der Waals surface area contributed by atoms with Crippen LogP contribution in [0, 0.1) is 5.92 Å². The van der Waals surface area contributed by atoms with Gasteiger partial charge in [-0.25, -0.2) is 9.79 Å². The molecule has 0 heterocycles. The summed E-state index contributed by atoms with van der Waals surface area (Å²) in [5, 5.41) is 23.5. The van der Waals surface area contributed by atoms with E-state index in [-0.39, 0.29) is 18.3 Å². The smallest absolute Gasteiger partial charge is 0.345 e. The van der Waals surface area contributed by atoms with Crippen LogP contribution in [0.1, 0.15) is 47.0 Å². The number of carboxylic acid groups (broad SMARTS) is 1. The van der Waals surface area contributed by atoms with Crippen LogP contribution in [0.15, 0.2) is 4.99 Å². The molecule has 3 atom stereocenters. The number of guanidine groups is 1. The highest BCUT2D eigenvalue weighted by Gasteiger charge is 2.40. The lowest BCUT2D eigenvalue weighted by Gasteiger charge is -2.25. The Bertz CT molecular complexity index is 514. The molecule has 25 heavy (non-hydrogen) atoms. The van der Waals surface area contributed by atoms with Crippen molar-refractivity contribution in [2.75, 3.05) is 0 Å². The number of nitrogens with two attached hydrogens (primary N) is 2. The summed E-state index contributed by atoms with van der Waals surface area (Å²) in [6.07, 6.45) is 0.776. The SMILES string of the molecule is CCCC(N=C(N)N)NC(=O)C(CC(C)C)NC(=O)C(C)(O)C(=O)O. The van der Waals surface area contributed by atoms with Crippen LogP contribution >= 0.6 is 0 Å². The van der Waals surface area contributed by atoms with Crippen LogP contribution in [0.3, 0.4) is 0 Å². The Morgan fingerprint density at radius 3 is 2.16 bits per heavy atom. The normalized spacial score (nSPS) is 15.6. The monoisotopic (exact) mass is 359 g/mol. The standard InChI is InChI=1S/C15H29N5O5/c1-5-6-10(20-14(16)17)19-11(21)9(7-8(2)3)18-12(22)15(4,25)13(23)24/h8-10,25H,5-7H2,1-4H3,(H,18,22)(H,19,21)(H,23,24)(H4,16,17,20). The molecular formula is C15H29N5O5. The predicted octanol–water partition coefficient (Wildman–Crippen LogP) is -1.13. The highest BCUT2D eigenvalue weighted by molar-refractivity contribution is 6.05. The molecule has 0 aromatic rings. The minimum Gasteiger partial charge on any atom is -0.479 e. The molecule has 144 valence electrons. The molecule has 0 bridgehead atoms. The number of carbonyl (C=O) groups excluding carboxylic acids is 2. The van der Waals surface area contributed by atoms with Crippen LogP contribution in [0.5, 0.6) is 0 Å². The molecule has 0 aliphatic rings. The summed E-state index contributed by atoms with van der Waals surface area (Å²) < 4.78 is 0. The fraction of sp³-hybridized carbons (Fsp3) is 0.733. The van der Waals surface area contributed by atoms with E-state index >= 15 is 0 Å². The molecule has 0 aliphatic heterocycles. The number of carbonyl (C=O) groups is 3. The molecule has 0 spiro atoms. The Balaban J connectivity index is 5.24. The van der Waals surface area contributed by atoms with Gasteiger partial charge in [0.05, 0.1) is 0 Å². The molecule has 0 aromatic carbocycles. The summed E-state index contributed by atoms with van der Waals surface area (Å²) in [5.74, 6) is -3.60. The second-order valence-electron chi connectivity index (χ2n) is 6.40. The molecule has 0 aliphatic carbocycles. The minimum atomic E-state index is -2.64. The second kappa shape index (κ2) is 9.82. The first kappa shape index (κ1) is 22.6. The van der Waals surface area contributed by atoms with Gasteiger partial charge in [-0.15, -0.1) is 0 Å². The van der Waals surface area contributed by atoms with Crippen molar-refractivity contribution in [3.8, 4) is 0 Å². The lowest BCUT2D eigenvalue weighted by atomic mass is 10.0. The quantitative estimate of drug-likeness (QED) is 0.162. The zero-order valence-electron chi connectivity index (χ0n) is 15.1. The highest BCUT2D eigenvalue weighted by atomic mass is 16.4. The first-order valence-corrected chi connectivity index (χ1v) is 8.07. The van der Waals surface area contributed by atoms with E-state index in [1.165, 1.54) is 0 Å². The van der Waals surface area contributed by atoms with Crippen molar-refractivity contribution in [1.82, 2.24) is 10.6 Å². The van der Waals surface area contributed by atoms with E-state index in [2.05, 4.69) is 15.6 Å². The zero-order chi connectivity index (χ0) is 19.8. The molecule has 0 saturated carbocycles. The van der Waals surface area contributed by atoms with Gasteiger partial charge in [0.25, 0.3) is 5.91 Å². The molecule has 8 N–H and O–H groups in total. The maximum absolute atomic E-state index is 12.5. The molecule has 3 unspecified atom stereocenters. The third-order valence-corrected chi connectivity index (χ3v) is 3.36. The van der Waals surface area contributed by atoms with Crippen molar-refractivity contribution in [2.45, 2.75) is 64.8 Å². The minimum absolute atomic E-state index is 0.0264. The van der Waals surface area contributed by atoms with E-state index in [0.717, 1.165) is 6.92 Å². The Labute approximate surface area is 147 Å². The molecule has 0 radical (unpaired) electrons. The Morgan fingerprint density at radius 2 is 1.76 bits per heavy atom. The van der Waals surface area contributed by atoms with E-state index in [4.69, 9.17) is 16.6 Å². The molecular weight excluding hydrogens is 330 g/mol. The third kappa shape index (κ3) is 7.84. The Kier molecular flexibility index (Phi) is 8.89. The first-order valence-electron chi connectivity index (χ1n) is 8.07.